The average molecular weight is 417 g/mol. The van der Waals surface area contributed by atoms with Gasteiger partial charge < -0.3 is 10.2 Å². The summed E-state index contributed by atoms with van der Waals surface area (Å²) in [6.45, 7) is 4.83. The lowest BCUT2D eigenvalue weighted by atomic mass is 9.95. The van der Waals surface area contributed by atoms with Gasteiger partial charge in [-0.25, -0.2) is 0 Å². The predicted molar refractivity (Wildman–Crippen MR) is 115 cm³/mol. The Morgan fingerprint density at radius 2 is 2.07 bits per heavy atom. The Balaban J connectivity index is 1.56. The fourth-order valence-corrected chi connectivity index (χ4v) is 4.45. The number of benzene rings is 1. The molecule has 2 amide bonds. The smallest absolute Gasteiger partial charge is 0.271 e. The third-order valence-corrected chi connectivity index (χ3v) is 6.12. The van der Waals surface area contributed by atoms with Crippen molar-refractivity contribution < 1.29 is 14.5 Å². The molecule has 2 fully saturated rings. The van der Waals surface area contributed by atoms with Crippen molar-refractivity contribution in [3.05, 3.63) is 34.4 Å². The van der Waals surface area contributed by atoms with Crippen molar-refractivity contribution in [1.29, 1.82) is 0 Å². The molecule has 8 heteroatoms. The number of piperidine rings is 1. The number of anilines is 1. The first kappa shape index (κ1) is 22.2. The number of likely N-dealkylation sites (tertiary alicyclic amines) is 1. The highest BCUT2D eigenvalue weighted by Crippen LogP contribution is 2.29. The lowest BCUT2D eigenvalue weighted by molar-refractivity contribution is -0.384. The summed E-state index contributed by atoms with van der Waals surface area (Å²) in [5.74, 6) is -0.0158. The van der Waals surface area contributed by atoms with Gasteiger partial charge in [-0.3, -0.25) is 24.6 Å². The molecule has 8 nitrogen and oxygen atoms in total. The van der Waals surface area contributed by atoms with Gasteiger partial charge in [-0.15, -0.1) is 0 Å². The van der Waals surface area contributed by atoms with Gasteiger partial charge in [0.2, 0.25) is 11.8 Å². The molecule has 0 aliphatic carbocycles. The summed E-state index contributed by atoms with van der Waals surface area (Å²) in [6.07, 6.45) is 6.94. The van der Waals surface area contributed by atoms with Crippen molar-refractivity contribution in [2.24, 2.45) is 5.92 Å². The van der Waals surface area contributed by atoms with Gasteiger partial charge in [-0.1, -0.05) is 32.3 Å². The molecule has 0 saturated carbocycles. The van der Waals surface area contributed by atoms with Gasteiger partial charge in [-0.05, 0) is 38.3 Å². The first-order valence-electron chi connectivity index (χ1n) is 11.1. The maximum Gasteiger partial charge on any atom is 0.271 e. The Labute approximate surface area is 177 Å². The number of nitro benzene ring substituents is 1. The van der Waals surface area contributed by atoms with Crippen molar-refractivity contribution in [3.8, 4) is 0 Å². The Morgan fingerprint density at radius 3 is 2.83 bits per heavy atom. The zero-order chi connectivity index (χ0) is 21.5. The largest absolute Gasteiger partial charge is 0.356 e. The van der Waals surface area contributed by atoms with Gasteiger partial charge in [0.1, 0.15) is 0 Å². The van der Waals surface area contributed by atoms with Crippen LogP contribution >= 0.6 is 0 Å². The van der Waals surface area contributed by atoms with Gasteiger partial charge in [0.05, 0.1) is 22.6 Å². The zero-order valence-electron chi connectivity index (χ0n) is 17.7. The molecular formula is C22H32N4O4. The number of hydrogen-bond acceptors (Lipinski definition) is 5. The van der Waals surface area contributed by atoms with Crippen LogP contribution in [0.25, 0.3) is 0 Å². The second kappa shape index (κ2) is 10.5. The first-order valence-corrected chi connectivity index (χ1v) is 11.1. The van der Waals surface area contributed by atoms with Crippen LogP contribution in [-0.4, -0.2) is 53.9 Å². The quantitative estimate of drug-likeness (QED) is 0.379. The number of carbonyl (C=O) groups excluding carboxylic acids is 2. The van der Waals surface area contributed by atoms with Gasteiger partial charge >= 0.3 is 0 Å². The Kier molecular flexibility index (Phi) is 7.79. The minimum atomic E-state index is -0.447. The van der Waals surface area contributed by atoms with E-state index >= 15 is 0 Å². The van der Waals surface area contributed by atoms with Gasteiger partial charge in [0, 0.05) is 31.8 Å². The van der Waals surface area contributed by atoms with E-state index in [1.54, 1.807) is 17.0 Å². The van der Waals surface area contributed by atoms with Crippen molar-refractivity contribution in [1.82, 2.24) is 10.2 Å². The van der Waals surface area contributed by atoms with E-state index in [-0.39, 0.29) is 29.5 Å². The topological polar surface area (TPSA) is 95.8 Å². The molecule has 3 rings (SSSR count). The molecule has 30 heavy (non-hydrogen) atoms. The monoisotopic (exact) mass is 416 g/mol. The summed E-state index contributed by atoms with van der Waals surface area (Å²) in [6, 6.07) is 5.96. The summed E-state index contributed by atoms with van der Waals surface area (Å²) in [7, 11) is 0. The summed E-state index contributed by atoms with van der Waals surface area (Å²) in [4.78, 5) is 40.0. The van der Waals surface area contributed by atoms with Gasteiger partial charge in [-0.2, -0.15) is 0 Å². The number of unbranched alkanes of at least 4 members (excludes halogenated alkanes) is 3. The number of amides is 2. The molecule has 2 aliphatic rings. The highest BCUT2D eigenvalue weighted by atomic mass is 16.6. The molecule has 1 aromatic carbocycles. The number of non-ortho nitro benzene ring substituents is 1. The molecule has 0 bridgehead atoms. The first-order chi connectivity index (χ1) is 14.5. The molecule has 0 radical (unpaired) electrons. The van der Waals surface area contributed by atoms with E-state index in [4.69, 9.17) is 0 Å². The van der Waals surface area contributed by atoms with Crippen LogP contribution < -0.4 is 10.2 Å². The average Bonchev–Trinajstić information content (AvgIpc) is 3.15. The molecule has 2 atom stereocenters. The van der Waals surface area contributed by atoms with E-state index in [0.717, 1.165) is 38.8 Å². The van der Waals surface area contributed by atoms with Crippen LogP contribution in [0.3, 0.4) is 0 Å². The van der Waals surface area contributed by atoms with E-state index in [0.29, 0.717) is 25.2 Å². The maximum absolute atomic E-state index is 13.0. The van der Waals surface area contributed by atoms with Crippen molar-refractivity contribution in [3.63, 3.8) is 0 Å². The molecule has 1 aromatic rings. The normalized spacial score (nSPS) is 22.3. The van der Waals surface area contributed by atoms with E-state index in [2.05, 4.69) is 17.1 Å². The molecule has 0 spiro atoms. The summed E-state index contributed by atoms with van der Waals surface area (Å²) >= 11 is 0. The Morgan fingerprint density at radius 1 is 1.23 bits per heavy atom. The predicted octanol–water partition coefficient (Wildman–Crippen LogP) is 3.11. The number of rotatable bonds is 9. The van der Waals surface area contributed by atoms with E-state index in [1.165, 1.54) is 25.0 Å². The van der Waals surface area contributed by atoms with Crippen molar-refractivity contribution in [2.45, 2.75) is 57.9 Å². The molecule has 2 aliphatic heterocycles. The fourth-order valence-electron chi connectivity index (χ4n) is 4.45. The SMILES string of the molecule is CCCCCCNC(=O)C1CCCN(C2CCN(c3cccc([N+](=O)[O-])c3)C2=O)C1. The molecule has 2 heterocycles. The summed E-state index contributed by atoms with van der Waals surface area (Å²) < 4.78 is 0. The van der Waals surface area contributed by atoms with E-state index in [1.807, 2.05) is 0 Å². The lowest BCUT2D eigenvalue weighted by Gasteiger charge is -2.35. The third-order valence-electron chi connectivity index (χ3n) is 6.12. The highest BCUT2D eigenvalue weighted by molar-refractivity contribution is 5.99. The number of carbonyl (C=O) groups is 2. The molecular weight excluding hydrogens is 384 g/mol. The van der Waals surface area contributed by atoms with Gasteiger partial charge in [0.25, 0.3) is 5.69 Å². The fraction of sp³-hybridized carbons (Fsp3) is 0.636. The van der Waals surface area contributed by atoms with Crippen LogP contribution in [0, 0.1) is 16.0 Å². The van der Waals surface area contributed by atoms with Crippen LogP contribution in [0.2, 0.25) is 0 Å². The molecule has 1 N–H and O–H groups in total. The second-order valence-corrected chi connectivity index (χ2v) is 8.26. The minimum absolute atomic E-state index is 0.0163. The number of hydrogen-bond donors (Lipinski definition) is 1. The van der Waals surface area contributed by atoms with Crippen LogP contribution in [0.5, 0.6) is 0 Å². The zero-order valence-corrected chi connectivity index (χ0v) is 17.7. The molecule has 2 saturated heterocycles. The highest BCUT2D eigenvalue weighted by Gasteiger charge is 2.39. The number of nitrogens with one attached hydrogen (secondary N) is 1. The van der Waals surface area contributed by atoms with Crippen LogP contribution in [-0.2, 0) is 9.59 Å². The standard InChI is InChI=1S/C22H32N4O4/c1-2-3-4-5-12-23-21(27)17-8-7-13-24(16-17)20-11-14-25(22(20)28)18-9-6-10-19(15-18)26(29)30/h6,9-10,15,17,20H,2-5,7-8,11-14,16H2,1H3,(H,23,27). The molecule has 2 unspecified atom stereocenters. The Hall–Kier alpha value is -2.48. The lowest BCUT2D eigenvalue weighted by Crippen LogP contribution is -2.49. The summed E-state index contributed by atoms with van der Waals surface area (Å²) in [5, 5.41) is 14.1. The van der Waals surface area contributed by atoms with E-state index in [9.17, 15) is 19.7 Å². The molecule has 0 aromatic heterocycles. The number of nitrogens with zero attached hydrogens (tertiary/aromatic N) is 3. The minimum Gasteiger partial charge on any atom is -0.356 e. The summed E-state index contributed by atoms with van der Waals surface area (Å²) in [5.41, 5.74) is 0.549. The van der Waals surface area contributed by atoms with Gasteiger partial charge in [0.15, 0.2) is 0 Å². The second-order valence-electron chi connectivity index (χ2n) is 8.26. The van der Waals surface area contributed by atoms with Crippen molar-refractivity contribution in [2.75, 3.05) is 31.1 Å². The van der Waals surface area contributed by atoms with Crippen LogP contribution in [0.15, 0.2) is 24.3 Å². The van der Waals surface area contributed by atoms with E-state index < -0.39 is 4.92 Å². The third kappa shape index (κ3) is 5.36. The van der Waals surface area contributed by atoms with Crippen LogP contribution in [0.1, 0.15) is 51.9 Å². The maximum atomic E-state index is 13.0. The molecule has 164 valence electrons. The Bertz CT molecular complexity index is 769. The van der Waals surface area contributed by atoms with Crippen molar-refractivity contribution >= 4 is 23.2 Å². The van der Waals surface area contributed by atoms with Crippen LogP contribution in [0.4, 0.5) is 11.4 Å². The number of nitro groups is 1.